The summed E-state index contributed by atoms with van der Waals surface area (Å²) in [5, 5.41) is 0. The fourth-order valence-electron chi connectivity index (χ4n) is 3.82. The van der Waals surface area contributed by atoms with Crippen molar-refractivity contribution in [2.24, 2.45) is 0 Å². The van der Waals surface area contributed by atoms with Gasteiger partial charge in [0.1, 0.15) is 5.82 Å². The number of anilines is 1. The van der Waals surface area contributed by atoms with Gasteiger partial charge in [-0.05, 0) is 31.7 Å². The van der Waals surface area contributed by atoms with Crippen LogP contribution in [0.4, 0.5) is 5.95 Å². The van der Waals surface area contributed by atoms with Crippen molar-refractivity contribution < 1.29 is 0 Å². The first-order valence-electron chi connectivity index (χ1n) is 8.47. The molecule has 1 saturated carbocycles. The molecule has 0 spiro atoms. The molecular formula is C17H23N5. The molecule has 0 aromatic carbocycles. The van der Waals surface area contributed by atoms with Crippen LogP contribution in [0, 0.1) is 0 Å². The van der Waals surface area contributed by atoms with Gasteiger partial charge in [-0.15, -0.1) is 0 Å². The van der Waals surface area contributed by atoms with Gasteiger partial charge in [-0.25, -0.2) is 15.0 Å². The molecule has 2 aromatic rings. The average Bonchev–Trinajstić information content (AvgIpc) is 3.29. The number of aromatic amines is 1. The number of aromatic nitrogens is 4. The summed E-state index contributed by atoms with van der Waals surface area (Å²) in [5.41, 5.74) is 1.25. The second kappa shape index (κ2) is 6.07. The summed E-state index contributed by atoms with van der Waals surface area (Å²) in [4.78, 5) is 19.3. The maximum atomic E-state index is 4.86. The molecule has 2 aromatic heterocycles. The monoisotopic (exact) mass is 297 g/mol. The highest BCUT2D eigenvalue weighted by Gasteiger charge is 2.25. The topological polar surface area (TPSA) is 57.7 Å². The number of imidazole rings is 1. The van der Waals surface area contributed by atoms with Crippen molar-refractivity contribution in [3.05, 3.63) is 36.2 Å². The predicted octanol–water partition coefficient (Wildman–Crippen LogP) is 3.24. The van der Waals surface area contributed by atoms with Gasteiger partial charge in [-0.2, -0.15) is 0 Å². The van der Waals surface area contributed by atoms with Gasteiger partial charge in [0.15, 0.2) is 0 Å². The molecule has 0 amide bonds. The van der Waals surface area contributed by atoms with Gasteiger partial charge in [-0.1, -0.05) is 12.8 Å². The summed E-state index contributed by atoms with van der Waals surface area (Å²) >= 11 is 0. The van der Waals surface area contributed by atoms with Gasteiger partial charge in [0.05, 0.1) is 0 Å². The largest absolute Gasteiger partial charge is 0.348 e. The molecule has 0 radical (unpaired) electrons. The fourth-order valence-corrected chi connectivity index (χ4v) is 3.82. The number of rotatable bonds is 3. The second-order valence-electron chi connectivity index (χ2n) is 6.50. The standard InChI is InChI=1S/C17H23N5/c1-2-4-13(3-1)15-5-8-20-17(21-15)22-11-6-14(7-12-22)16-18-9-10-19-16/h5,8-10,13-14H,1-4,6-7,11-12H2,(H,18,19). The highest BCUT2D eigenvalue weighted by Crippen LogP contribution is 2.34. The van der Waals surface area contributed by atoms with E-state index in [4.69, 9.17) is 4.98 Å². The van der Waals surface area contributed by atoms with Crippen LogP contribution in [-0.2, 0) is 0 Å². The fraction of sp³-hybridized carbons (Fsp3) is 0.588. The molecule has 22 heavy (non-hydrogen) atoms. The maximum Gasteiger partial charge on any atom is 0.225 e. The lowest BCUT2D eigenvalue weighted by Crippen LogP contribution is -2.34. The Morgan fingerprint density at radius 2 is 1.77 bits per heavy atom. The summed E-state index contributed by atoms with van der Waals surface area (Å²) in [5.74, 6) is 3.24. The number of nitrogens with one attached hydrogen (secondary N) is 1. The van der Waals surface area contributed by atoms with Crippen LogP contribution < -0.4 is 4.90 Å². The van der Waals surface area contributed by atoms with Gasteiger partial charge in [0, 0.05) is 49.2 Å². The van der Waals surface area contributed by atoms with E-state index in [0.29, 0.717) is 11.8 Å². The average molecular weight is 297 g/mol. The van der Waals surface area contributed by atoms with E-state index in [2.05, 4.69) is 25.9 Å². The van der Waals surface area contributed by atoms with Crippen LogP contribution in [0.5, 0.6) is 0 Å². The quantitative estimate of drug-likeness (QED) is 0.945. The van der Waals surface area contributed by atoms with Crippen LogP contribution in [0.1, 0.15) is 61.9 Å². The van der Waals surface area contributed by atoms with Gasteiger partial charge in [-0.3, -0.25) is 0 Å². The second-order valence-corrected chi connectivity index (χ2v) is 6.50. The molecule has 0 atom stereocenters. The Bertz CT molecular complexity index is 595. The normalized spacial score (nSPS) is 20.6. The molecule has 5 nitrogen and oxygen atoms in total. The van der Waals surface area contributed by atoms with Crippen LogP contribution in [0.2, 0.25) is 0 Å². The number of hydrogen-bond donors (Lipinski definition) is 1. The number of hydrogen-bond acceptors (Lipinski definition) is 4. The smallest absolute Gasteiger partial charge is 0.225 e. The lowest BCUT2D eigenvalue weighted by atomic mass is 9.96. The van der Waals surface area contributed by atoms with E-state index in [0.717, 1.165) is 37.7 Å². The van der Waals surface area contributed by atoms with Crippen LogP contribution in [0.15, 0.2) is 24.7 Å². The summed E-state index contributed by atoms with van der Waals surface area (Å²) in [6, 6.07) is 2.11. The van der Waals surface area contributed by atoms with Gasteiger partial charge in [0.25, 0.3) is 0 Å². The molecule has 4 rings (SSSR count). The van der Waals surface area contributed by atoms with Crippen molar-refractivity contribution in [1.29, 1.82) is 0 Å². The van der Waals surface area contributed by atoms with E-state index < -0.39 is 0 Å². The lowest BCUT2D eigenvalue weighted by molar-refractivity contribution is 0.482. The van der Waals surface area contributed by atoms with Gasteiger partial charge < -0.3 is 9.88 Å². The molecule has 0 bridgehead atoms. The third-order valence-electron chi connectivity index (χ3n) is 5.12. The molecule has 1 aliphatic carbocycles. The highest BCUT2D eigenvalue weighted by atomic mass is 15.3. The minimum absolute atomic E-state index is 0.546. The van der Waals surface area contributed by atoms with E-state index >= 15 is 0 Å². The van der Waals surface area contributed by atoms with E-state index in [9.17, 15) is 0 Å². The molecule has 5 heteroatoms. The van der Waals surface area contributed by atoms with Crippen LogP contribution in [-0.4, -0.2) is 33.0 Å². The molecule has 2 aliphatic rings. The first-order valence-corrected chi connectivity index (χ1v) is 8.47. The zero-order valence-corrected chi connectivity index (χ0v) is 12.9. The first kappa shape index (κ1) is 13.7. The Labute approximate surface area is 131 Å². The van der Waals surface area contributed by atoms with E-state index in [1.165, 1.54) is 31.4 Å². The minimum Gasteiger partial charge on any atom is -0.348 e. The summed E-state index contributed by atoms with van der Waals surface area (Å²) < 4.78 is 0. The SMILES string of the molecule is c1cc(C2CCCC2)nc(N2CCC(c3ncc[nH]3)CC2)n1. The molecule has 1 aliphatic heterocycles. The Kier molecular flexibility index (Phi) is 3.79. The Morgan fingerprint density at radius 3 is 2.50 bits per heavy atom. The Balaban J connectivity index is 1.43. The Morgan fingerprint density at radius 1 is 0.955 bits per heavy atom. The van der Waals surface area contributed by atoms with E-state index in [1.807, 2.05) is 18.6 Å². The van der Waals surface area contributed by atoms with Crippen LogP contribution in [0.3, 0.4) is 0 Å². The van der Waals surface area contributed by atoms with Gasteiger partial charge in [0.2, 0.25) is 5.95 Å². The summed E-state index contributed by atoms with van der Waals surface area (Å²) in [6.45, 7) is 2.03. The van der Waals surface area contributed by atoms with E-state index in [1.54, 1.807) is 0 Å². The molecule has 1 saturated heterocycles. The van der Waals surface area contributed by atoms with Crippen molar-refractivity contribution in [2.75, 3.05) is 18.0 Å². The van der Waals surface area contributed by atoms with Crippen molar-refractivity contribution in [1.82, 2.24) is 19.9 Å². The Hall–Kier alpha value is -1.91. The summed E-state index contributed by atoms with van der Waals surface area (Å²) in [6.07, 6.45) is 13.2. The maximum absolute atomic E-state index is 4.86. The molecule has 116 valence electrons. The first-order chi connectivity index (χ1) is 10.9. The van der Waals surface area contributed by atoms with Crippen molar-refractivity contribution in [2.45, 2.75) is 50.4 Å². The third kappa shape index (κ3) is 2.72. The molecule has 2 fully saturated rings. The number of nitrogens with zero attached hydrogens (tertiary/aromatic N) is 4. The zero-order valence-electron chi connectivity index (χ0n) is 12.9. The van der Waals surface area contributed by atoms with Crippen LogP contribution >= 0.6 is 0 Å². The molecule has 0 unspecified atom stereocenters. The predicted molar refractivity (Wildman–Crippen MR) is 86.0 cm³/mol. The van der Waals surface area contributed by atoms with Crippen molar-refractivity contribution in [3.8, 4) is 0 Å². The van der Waals surface area contributed by atoms with E-state index in [-0.39, 0.29) is 0 Å². The molecular weight excluding hydrogens is 274 g/mol. The van der Waals surface area contributed by atoms with Crippen molar-refractivity contribution >= 4 is 5.95 Å². The third-order valence-corrected chi connectivity index (χ3v) is 5.12. The van der Waals surface area contributed by atoms with Crippen LogP contribution in [0.25, 0.3) is 0 Å². The zero-order chi connectivity index (χ0) is 14.8. The van der Waals surface area contributed by atoms with Crippen molar-refractivity contribution in [3.63, 3.8) is 0 Å². The number of H-pyrrole nitrogens is 1. The number of piperidine rings is 1. The molecule has 3 heterocycles. The van der Waals surface area contributed by atoms with Gasteiger partial charge >= 0.3 is 0 Å². The summed E-state index contributed by atoms with van der Waals surface area (Å²) in [7, 11) is 0. The lowest BCUT2D eigenvalue weighted by Gasteiger charge is -2.31. The minimum atomic E-state index is 0.546. The molecule has 1 N–H and O–H groups in total. The highest BCUT2D eigenvalue weighted by molar-refractivity contribution is 5.32.